The Morgan fingerprint density at radius 1 is 1.04 bits per heavy atom. The number of hydrogen-bond donors (Lipinski definition) is 0. The first kappa shape index (κ1) is 15.3. The number of thiazole rings is 1. The highest BCUT2D eigenvalue weighted by Gasteiger charge is 2.11. The van der Waals surface area contributed by atoms with Crippen LogP contribution >= 0.6 is 22.7 Å². The lowest BCUT2D eigenvalue weighted by Crippen LogP contribution is -1.85. The number of halogens is 1. The highest BCUT2D eigenvalue weighted by atomic mass is 32.1. The van der Waals surface area contributed by atoms with Crippen molar-refractivity contribution in [2.45, 2.75) is 6.42 Å². The van der Waals surface area contributed by atoms with E-state index in [2.05, 4.69) is 12.1 Å². The van der Waals surface area contributed by atoms with Crippen LogP contribution in [0.1, 0.15) is 9.88 Å². The Bertz CT molecular complexity index is 1010. The summed E-state index contributed by atoms with van der Waals surface area (Å²) in [5.41, 5.74) is 1.83. The van der Waals surface area contributed by atoms with Gasteiger partial charge in [-0.2, -0.15) is 0 Å². The van der Waals surface area contributed by atoms with E-state index < -0.39 is 0 Å². The smallest absolute Gasteiger partial charge is 0.145 e. The lowest BCUT2D eigenvalue weighted by atomic mass is 10.2. The zero-order valence-electron chi connectivity index (χ0n) is 13.0. The van der Waals surface area contributed by atoms with E-state index >= 15 is 0 Å². The van der Waals surface area contributed by atoms with Crippen molar-refractivity contribution in [3.05, 3.63) is 70.3 Å². The average Bonchev–Trinajstić information content (AvgIpc) is 3.21. The van der Waals surface area contributed by atoms with Gasteiger partial charge < -0.3 is 4.74 Å². The van der Waals surface area contributed by atoms with Crippen LogP contribution in [0.15, 0.2) is 54.6 Å². The first-order chi connectivity index (χ1) is 11.7. The molecule has 0 unspecified atom stereocenters. The Kier molecular flexibility index (Phi) is 4.04. The van der Waals surface area contributed by atoms with E-state index in [4.69, 9.17) is 9.72 Å². The second-order valence-electron chi connectivity index (χ2n) is 5.37. The van der Waals surface area contributed by atoms with Crippen LogP contribution in [-0.2, 0) is 6.42 Å². The van der Waals surface area contributed by atoms with Crippen LogP contribution in [0.25, 0.3) is 20.7 Å². The Labute approximate surface area is 147 Å². The summed E-state index contributed by atoms with van der Waals surface area (Å²) in [5, 5.41) is 1.06. The summed E-state index contributed by atoms with van der Waals surface area (Å²) in [5.74, 6) is 0.599. The quantitative estimate of drug-likeness (QED) is 0.464. The molecule has 0 aliphatic heterocycles. The van der Waals surface area contributed by atoms with E-state index in [0.29, 0.717) is 0 Å². The maximum Gasteiger partial charge on any atom is 0.145 e. The number of aromatic nitrogens is 1. The van der Waals surface area contributed by atoms with Crippen LogP contribution in [-0.4, -0.2) is 12.1 Å². The molecule has 0 fully saturated rings. The van der Waals surface area contributed by atoms with Crippen LogP contribution in [0.5, 0.6) is 5.75 Å². The van der Waals surface area contributed by atoms with Crippen molar-refractivity contribution in [2.24, 2.45) is 0 Å². The number of para-hydroxylation sites is 1. The number of ether oxygens (including phenoxy) is 1. The molecule has 5 heteroatoms. The number of thiophene rings is 1. The summed E-state index contributed by atoms with van der Waals surface area (Å²) in [6.07, 6.45) is 0.780. The van der Waals surface area contributed by atoms with E-state index in [-0.39, 0.29) is 5.82 Å². The summed E-state index contributed by atoms with van der Waals surface area (Å²) < 4.78 is 19.9. The minimum Gasteiger partial charge on any atom is -0.494 e. The zero-order valence-corrected chi connectivity index (χ0v) is 14.6. The standard InChI is InChI=1S/C19H14FNOS2/c1-22-15-6-3-7-17-19(15)21-18(24-17)11-14-8-9-16(23-14)12-4-2-5-13(20)10-12/h2-10H,11H2,1H3. The summed E-state index contributed by atoms with van der Waals surface area (Å²) in [6, 6.07) is 16.8. The molecule has 0 amide bonds. The molecule has 0 bridgehead atoms. The van der Waals surface area contributed by atoms with Gasteiger partial charge in [0.15, 0.2) is 0 Å². The van der Waals surface area contributed by atoms with Gasteiger partial charge in [0.2, 0.25) is 0 Å². The van der Waals surface area contributed by atoms with Gasteiger partial charge in [-0.05, 0) is 42.0 Å². The molecule has 2 nitrogen and oxygen atoms in total. The van der Waals surface area contributed by atoms with E-state index in [0.717, 1.165) is 37.8 Å². The van der Waals surface area contributed by atoms with Crippen molar-refractivity contribution in [3.63, 3.8) is 0 Å². The van der Waals surface area contributed by atoms with Crippen molar-refractivity contribution in [1.82, 2.24) is 4.98 Å². The first-order valence-electron chi connectivity index (χ1n) is 7.50. The van der Waals surface area contributed by atoms with E-state index in [1.54, 1.807) is 41.9 Å². The van der Waals surface area contributed by atoms with E-state index in [1.807, 2.05) is 24.3 Å². The fourth-order valence-electron chi connectivity index (χ4n) is 2.63. The number of hydrogen-bond acceptors (Lipinski definition) is 4. The van der Waals surface area contributed by atoms with Gasteiger partial charge in [0, 0.05) is 16.2 Å². The van der Waals surface area contributed by atoms with Gasteiger partial charge in [-0.1, -0.05) is 18.2 Å². The van der Waals surface area contributed by atoms with Gasteiger partial charge in [0.25, 0.3) is 0 Å². The predicted octanol–water partition coefficient (Wildman–Crippen LogP) is 5.76. The van der Waals surface area contributed by atoms with Gasteiger partial charge in [-0.25, -0.2) is 9.37 Å². The lowest BCUT2D eigenvalue weighted by molar-refractivity contribution is 0.419. The van der Waals surface area contributed by atoms with Crippen LogP contribution in [0.2, 0.25) is 0 Å². The van der Waals surface area contributed by atoms with Gasteiger partial charge in [-0.15, -0.1) is 22.7 Å². The minimum absolute atomic E-state index is 0.208. The number of rotatable bonds is 4. The van der Waals surface area contributed by atoms with E-state index in [1.165, 1.54) is 10.9 Å². The third kappa shape index (κ3) is 2.92. The fraction of sp³-hybridized carbons (Fsp3) is 0.105. The molecule has 2 aromatic carbocycles. The van der Waals surface area contributed by atoms with E-state index in [9.17, 15) is 4.39 Å². The largest absolute Gasteiger partial charge is 0.494 e. The second-order valence-corrected chi connectivity index (χ2v) is 7.65. The third-order valence-corrected chi connectivity index (χ3v) is 5.90. The summed E-state index contributed by atoms with van der Waals surface area (Å²) in [6.45, 7) is 0. The molecule has 2 heterocycles. The maximum atomic E-state index is 13.4. The molecule has 2 aromatic heterocycles. The SMILES string of the molecule is COc1cccc2sc(Cc3ccc(-c4cccc(F)c4)s3)nc12. The molecule has 120 valence electrons. The summed E-state index contributed by atoms with van der Waals surface area (Å²) >= 11 is 3.36. The molecular weight excluding hydrogens is 341 g/mol. The van der Waals surface area contributed by atoms with Gasteiger partial charge in [0.05, 0.1) is 16.8 Å². The number of nitrogens with zero attached hydrogens (tertiary/aromatic N) is 1. The summed E-state index contributed by atoms with van der Waals surface area (Å²) in [4.78, 5) is 7.00. The highest BCUT2D eigenvalue weighted by Crippen LogP contribution is 2.33. The molecule has 0 saturated carbocycles. The molecule has 0 aliphatic carbocycles. The fourth-order valence-corrected chi connectivity index (χ4v) is 4.74. The normalized spacial score (nSPS) is 11.1. The van der Waals surface area contributed by atoms with Crippen molar-refractivity contribution >= 4 is 32.9 Å². The molecule has 4 rings (SSSR count). The van der Waals surface area contributed by atoms with Crippen molar-refractivity contribution in [1.29, 1.82) is 0 Å². The van der Waals surface area contributed by atoms with Crippen LogP contribution in [0, 0.1) is 5.82 Å². The molecule has 0 radical (unpaired) electrons. The van der Waals surface area contributed by atoms with Gasteiger partial charge in [-0.3, -0.25) is 0 Å². The Hall–Kier alpha value is -2.24. The third-order valence-electron chi connectivity index (χ3n) is 3.74. The van der Waals surface area contributed by atoms with Crippen LogP contribution in [0.3, 0.4) is 0 Å². The monoisotopic (exact) mass is 355 g/mol. The minimum atomic E-state index is -0.208. The molecule has 4 aromatic rings. The van der Waals surface area contributed by atoms with Crippen molar-refractivity contribution in [3.8, 4) is 16.2 Å². The number of fused-ring (bicyclic) bond motifs is 1. The maximum absolute atomic E-state index is 13.4. The van der Waals surface area contributed by atoms with Crippen molar-refractivity contribution in [2.75, 3.05) is 7.11 Å². The Morgan fingerprint density at radius 3 is 2.75 bits per heavy atom. The number of benzene rings is 2. The molecule has 0 saturated heterocycles. The van der Waals surface area contributed by atoms with Crippen LogP contribution < -0.4 is 4.74 Å². The van der Waals surface area contributed by atoms with Gasteiger partial charge >= 0.3 is 0 Å². The molecule has 24 heavy (non-hydrogen) atoms. The van der Waals surface area contributed by atoms with Crippen LogP contribution in [0.4, 0.5) is 4.39 Å². The first-order valence-corrected chi connectivity index (χ1v) is 9.13. The molecule has 0 spiro atoms. The lowest BCUT2D eigenvalue weighted by Gasteiger charge is -1.98. The predicted molar refractivity (Wildman–Crippen MR) is 98.7 cm³/mol. The zero-order chi connectivity index (χ0) is 16.5. The number of methoxy groups -OCH3 is 1. The molecular formula is C19H14FNOS2. The highest BCUT2D eigenvalue weighted by molar-refractivity contribution is 7.19. The molecule has 0 atom stereocenters. The Morgan fingerprint density at radius 2 is 1.92 bits per heavy atom. The summed E-state index contributed by atoms with van der Waals surface area (Å²) in [7, 11) is 1.67. The Balaban J connectivity index is 1.62. The topological polar surface area (TPSA) is 22.1 Å². The van der Waals surface area contributed by atoms with Crippen molar-refractivity contribution < 1.29 is 9.13 Å². The van der Waals surface area contributed by atoms with Gasteiger partial charge in [0.1, 0.15) is 17.1 Å². The molecule has 0 N–H and O–H groups in total. The molecule has 0 aliphatic rings. The second kappa shape index (κ2) is 6.34. The average molecular weight is 355 g/mol.